The van der Waals surface area contributed by atoms with Crippen LogP contribution in [0.2, 0.25) is 0 Å². The maximum absolute atomic E-state index is 13.6. The standard InChI is InChI=1S/C17H16FN5O5/c18-10-4-3-9-6-13(12(9)7-10)23-16(22-27-17(23)26)14-15(21-28-20-14)19-8-11(25)2-1-5-24/h3-4,7,13,24H,1-2,5-6,8H2,(H,19,21)/t13-/m0/s1. The number of hydrogen-bond donors (Lipinski definition) is 2. The zero-order valence-corrected chi connectivity index (χ0v) is 14.6. The molecule has 146 valence electrons. The summed E-state index contributed by atoms with van der Waals surface area (Å²) < 4.78 is 24.4. The molecule has 3 aromatic rings. The number of ketones is 1. The lowest BCUT2D eigenvalue weighted by molar-refractivity contribution is -0.117. The van der Waals surface area contributed by atoms with E-state index in [4.69, 9.17) is 14.3 Å². The van der Waals surface area contributed by atoms with E-state index in [1.54, 1.807) is 6.07 Å². The van der Waals surface area contributed by atoms with Crippen molar-refractivity contribution in [3.63, 3.8) is 0 Å². The summed E-state index contributed by atoms with van der Waals surface area (Å²) >= 11 is 0. The molecule has 0 fully saturated rings. The van der Waals surface area contributed by atoms with Gasteiger partial charge in [-0.2, -0.15) is 0 Å². The summed E-state index contributed by atoms with van der Waals surface area (Å²) in [4.78, 5) is 24.0. The van der Waals surface area contributed by atoms with Gasteiger partial charge in [-0.15, -0.1) is 0 Å². The highest BCUT2D eigenvalue weighted by atomic mass is 19.1. The third-order valence-electron chi connectivity index (χ3n) is 4.59. The number of hydrogen-bond acceptors (Lipinski definition) is 9. The van der Waals surface area contributed by atoms with E-state index in [1.807, 2.05) is 0 Å². The average Bonchev–Trinajstić information content (AvgIpc) is 3.28. The summed E-state index contributed by atoms with van der Waals surface area (Å²) in [7, 11) is 0. The van der Waals surface area contributed by atoms with Gasteiger partial charge in [0, 0.05) is 13.0 Å². The number of Topliss-reactive ketones (excluding diaryl/α,β-unsaturated/α-hetero) is 1. The molecule has 0 saturated carbocycles. The first-order valence-corrected chi connectivity index (χ1v) is 8.64. The molecule has 28 heavy (non-hydrogen) atoms. The Hall–Kier alpha value is -3.34. The first kappa shape index (κ1) is 18.0. The van der Waals surface area contributed by atoms with E-state index in [2.05, 4.69) is 20.8 Å². The second-order valence-electron chi connectivity index (χ2n) is 6.39. The van der Waals surface area contributed by atoms with Crippen LogP contribution < -0.4 is 11.1 Å². The third kappa shape index (κ3) is 3.20. The minimum Gasteiger partial charge on any atom is -0.396 e. The number of aromatic nitrogens is 4. The van der Waals surface area contributed by atoms with Gasteiger partial charge >= 0.3 is 5.76 Å². The molecule has 2 aromatic heterocycles. The Kier molecular flexibility index (Phi) is 4.74. The van der Waals surface area contributed by atoms with Crippen molar-refractivity contribution in [2.24, 2.45) is 0 Å². The first-order chi connectivity index (χ1) is 13.6. The van der Waals surface area contributed by atoms with E-state index in [9.17, 15) is 14.0 Å². The second-order valence-corrected chi connectivity index (χ2v) is 6.39. The van der Waals surface area contributed by atoms with Gasteiger partial charge in [0.2, 0.25) is 11.6 Å². The number of benzene rings is 1. The highest BCUT2D eigenvalue weighted by Gasteiger charge is 2.34. The van der Waals surface area contributed by atoms with Gasteiger partial charge in [0.25, 0.3) is 0 Å². The van der Waals surface area contributed by atoms with E-state index in [0.717, 1.165) is 5.56 Å². The van der Waals surface area contributed by atoms with Gasteiger partial charge in [-0.3, -0.25) is 9.32 Å². The maximum atomic E-state index is 13.6. The summed E-state index contributed by atoms with van der Waals surface area (Å²) in [6.45, 7) is -0.127. The van der Waals surface area contributed by atoms with Gasteiger partial charge < -0.3 is 10.4 Å². The van der Waals surface area contributed by atoms with Crippen LogP contribution in [-0.2, 0) is 11.2 Å². The van der Waals surface area contributed by atoms with E-state index in [0.29, 0.717) is 18.4 Å². The summed E-state index contributed by atoms with van der Waals surface area (Å²) in [5.41, 5.74) is 1.69. The van der Waals surface area contributed by atoms with E-state index >= 15 is 0 Å². The molecule has 1 aliphatic rings. The summed E-state index contributed by atoms with van der Waals surface area (Å²) in [5.74, 6) is -1.07. The highest BCUT2D eigenvalue weighted by molar-refractivity contribution is 5.83. The summed E-state index contributed by atoms with van der Waals surface area (Å²) in [6, 6.07) is 3.95. The molecule has 1 aliphatic carbocycles. The molecule has 0 unspecified atom stereocenters. The Labute approximate surface area is 156 Å². The second kappa shape index (κ2) is 7.35. The van der Waals surface area contributed by atoms with Crippen LogP contribution in [-0.4, -0.2) is 44.1 Å². The minimum atomic E-state index is -0.720. The van der Waals surface area contributed by atoms with Crippen LogP contribution >= 0.6 is 0 Å². The number of aliphatic hydroxyl groups is 1. The molecular weight excluding hydrogens is 373 g/mol. The number of carbonyl (C=O) groups excluding carboxylic acids is 1. The predicted molar refractivity (Wildman–Crippen MR) is 92.1 cm³/mol. The smallest absolute Gasteiger partial charge is 0.396 e. The molecule has 0 radical (unpaired) electrons. The van der Waals surface area contributed by atoms with Crippen molar-refractivity contribution < 1.29 is 23.4 Å². The van der Waals surface area contributed by atoms with Crippen LogP contribution in [0.4, 0.5) is 10.2 Å². The Morgan fingerprint density at radius 1 is 1.36 bits per heavy atom. The monoisotopic (exact) mass is 389 g/mol. The highest BCUT2D eigenvalue weighted by Crippen LogP contribution is 2.38. The number of nitrogens with zero attached hydrogens (tertiary/aromatic N) is 4. The average molecular weight is 389 g/mol. The fourth-order valence-electron chi connectivity index (χ4n) is 3.17. The summed E-state index contributed by atoms with van der Waals surface area (Å²) in [5, 5.41) is 22.8. The molecule has 10 nitrogen and oxygen atoms in total. The van der Waals surface area contributed by atoms with Crippen LogP contribution in [0, 0.1) is 5.82 Å². The predicted octanol–water partition coefficient (Wildman–Crippen LogP) is 0.924. The van der Waals surface area contributed by atoms with Crippen molar-refractivity contribution in [3.8, 4) is 11.5 Å². The fraction of sp³-hybridized carbons (Fsp3) is 0.353. The number of halogens is 1. The van der Waals surface area contributed by atoms with Gasteiger partial charge in [-0.1, -0.05) is 11.2 Å². The summed E-state index contributed by atoms with van der Waals surface area (Å²) in [6.07, 6.45) is 1.09. The molecular formula is C17H16FN5O5. The molecule has 1 aromatic carbocycles. The molecule has 0 aliphatic heterocycles. The van der Waals surface area contributed by atoms with Gasteiger partial charge in [0.1, 0.15) is 5.82 Å². The van der Waals surface area contributed by atoms with E-state index in [-0.39, 0.29) is 42.7 Å². The molecule has 0 spiro atoms. The van der Waals surface area contributed by atoms with Gasteiger partial charge in [0.05, 0.1) is 12.6 Å². The van der Waals surface area contributed by atoms with Crippen LogP contribution in [0.3, 0.4) is 0 Å². The van der Waals surface area contributed by atoms with Crippen molar-refractivity contribution in [3.05, 3.63) is 45.7 Å². The van der Waals surface area contributed by atoms with Gasteiger partial charge in [0.15, 0.2) is 11.5 Å². The number of aliphatic hydroxyl groups excluding tert-OH is 1. The quantitative estimate of drug-likeness (QED) is 0.576. The molecule has 4 rings (SSSR count). The van der Waals surface area contributed by atoms with E-state index < -0.39 is 17.6 Å². The normalized spacial score (nSPS) is 15.1. The Morgan fingerprint density at radius 2 is 2.21 bits per heavy atom. The topological polar surface area (TPSA) is 136 Å². The van der Waals surface area contributed by atoms with Crippen molar-refractivity contribution >= 4 is 11.6 Å². The maximum Gasteiger partial charge on any atom is 0.442 e. The van der Waals surface area contributed by atoms with Crippen molar-refractivity contribution in [2.75, 3.05) is 18.5 Å². The SMILES string of the molecule is O=C(CCCO)CNc1nonc1-c1noc(=O)n1[C@H]1Cc2ccc(F)cc21. The molecule has 1 atom stereocenters. The Balaban J connectivity index is 1.60. The van der Waals surface area contributed by atoms with Crippen LogP contribution in [0.5, 0.6) is 0 Å². The van der Waals surface area contributed by atoms with Crippen molar-refractivity contribution in [2.45, 2.75) is 25.3 Å². The van der Waals surface area contributed by atoms with E-state index in [1.165, 1.54) is 16.7 Å². The lowest BCUT2D eigenvalue weighted by Crippen LogP contribution is -2.31. The molecule has 2 N–H and O–H groups in total. The zero-order chi connectivity index (χ0) is 19.7. The van der Waals surface area contributed by atoms with Crippen molar-refractivity contribution in [1.82, 2.24) is 20.0 Å². The largest absolute Gasteiger partial charge is 0.442 e. The number of fused-ring (bicyclic) bond motifs is 1. The van der Waals surface area contributed by atoms with Gasteiger partial charge in [-0.25, -0.2) is 18.4 Å². The minimum absolute atomic E-state index is 0.0548. The lowest BCUT2D eigenvalue weighted by Gasteiger charge is -2.30. The molecule has 0 amide bonds. The van der Waals surface area contributed by atoms with Crippen LogP contribution in [0.15, 0.2) is 32.1 Å². The number of nitrogens with one attached hydrogen (secondary N) is 1. The molecule has 0 bridgehead atoms. The Bertz CT molecular complexity index is 1070. The zero-order valence-electron chi connectivity index (χ0n) is 14.6. The molecule has 11 heteroatoms. The number of rotatable bonds is 8. The number of carbonyl (C=O) groups is 1. The molecule has 0 saturated heterocycles. The van der Waals surface area contributed by atoms with Crippen LogP contribution in [0.1, 0.15) is 30.0 Å². The fourth-order valence-corrected chi connectivity index (χ4v) is 3.17. The Morgan fingerprint density at radius 3 is 3.04 bits per heavy atom. The van der Waals surface area contributed by atoms with Gasteiger partial charge in [-0.05, 0) is 46.4 Å². The van der Waals surface area contributed by atoms with Crippen LogP contribution in [0.25, 0.3) is 11.5 Å². The lowest BCUT2D eigenvalue weighted by atomic mass is 9.83. The third-order valence-corrected chi connectivity index (χ3v) is 4.59. The van der Waals surface area contributed by atoms with Crippen molar-refractivity contribution in [1.29, 1.82) is 0 Å². The number of anilines is 1. The first-order valence-electron chi connectivity index (χ1n) is 8.64. The molecule has 2 heterocycles.